The predicted octanol–water partition coefficient (Wildman–Crippen LogP) is 8.60. The van der Waals surface area contributed by atoms with Gasteiger partial charge in [-0.1, -0.05) is 108 Å². The molecule has 12 aromatic rings. The number of aryl methyl sites for hydroxylation is 4. The molecule has 446 valence electrons. The number of nitrogen functional groups attached to an aromatic ring is 2. The predicted molar refractivity (Wildman–Crippen MR) is 363 cm³/mol. The number of nitrogens with one attached hydrogen (secondary N) is 2. The van der Waals surface area contributed by atoms with Crippen molar-refractivity contribution >= 4 is 180 Å². The van der Waals surface area contributed by atoms with E-state index in [4.69, 9.17) is 34.5 Å². The molecule has 0 spiro atoms. The van der Waals surface area contributed by atoms with Gasteiger partial charge in [0.1, 0.15) is 19.4 Å². The van der Waals surface area contributed by atoms with Crippen LogP contribution < -0.4 is 77.8 Å². The molecule has 2 amide bonds. The minimum atomic E-state index is -0.521. The fourth-order valence-corrected chi connectivity index (χ4v) is 15.5. The number of hydrogen-bond donors (Lipinski definition) is 6. The Morgan fingerprint density at radius 1 is 0.552 bits per heavy atom. The Labute approximate surface area is 555 Å². The van der Waals surface area contributed by atoms with Crippen LogP contribution in [0.3, 0.4) is 0 Å². The van der Waals surface area contributed by atoms with Crippen LogP contribution in [0.4, 0.5) is 26.8 Å². The van der Waals surface area contributed by atoms with Crippen LogP contribution in [0.2, 0.25) is 4.47 Å². The first-order valence-electron chi connectivity index (χ1n) is 27.9. The molecular weight excluding hydrogens is 1240 g/mol. The second-order valence-electron chi connectivity index (χ2n) is 21.6. The maximum absolute atomic E-state index is 12.8. The monoisotopic (exact) mass is 1310 g/mol. The Balaban J connectivity index is 0.000000133. The summed E-state index contributed by atoms with van der Waals surface area (Å²) in [6, 6.07) is 33.0. The van der Waals surface area contributed by atoms with Crippen LogP contribution in [-0.2, 0) is 0 Å². The third-order valence-electron chi connectivity index (χ3n) is 14.8. The quantitative estimate of drug-likeness (QED) is 0.0850. The fraction of sp³-hybridized carbons (Fsp3) is 0.300. The molecule has 0 unspecified atom stereocenters. The number of rotatable bonds is 6. The molecule has 0 atom stereocenters. The first-order valence-corrected chi connectivity index (χ1v) is 33.2. The van der Waals surface area contributed by atoms with E-state index in [0.717, 1.165) is 108 Å². The average molecular weight is 1310 g/mol. The number of fused-ring (bicyclic) bond motifs is 6. The Hall–Kier alpha value is -6.33. The molecule has 4 aromatic carbocycles. The van der Waals surface area contributed by atoms with E-state index in [9.17, 15) is 9.59 Å². The van der Waals surface area contributed by atoms with Crippen molar-refractivity contribution in [2.45, 2.75) is 53.6 Å². The topological polar surface area (TPSA) is 275 Å². The van der Waals surface area contributed by atoms with Gasteiger partial charge in [0.15, 0.2) is 19.9 Å². The summed E-state index contributed by atoms with van der Waals surface area (Å²) in [4.78, 5) is 50.8. The van der Waals surface area contributed by atoms with Gasteiger partial charge in [-0.3, -0.25) is 9.59 Å². The summed E-state index contributed by atoms with van der Waals surface area (Å²) in [7, 11) is 0. The Kier molecular flexibility index (Phi) is 20.5. The maximum atomic E-state index is 12.8. The molecule has 27 heteroatoms. The van der Waals surface area contributed by atoms with E-state index in [2.05, 4.69) is 116 Å². The average Bonchev–Trinajstić information content (AvgIpc) is 2.41. The van der Waals surface area contributed by atoms with Gasteiger partial charge in [-0.05, 0) is 112 Å². The SMILES string of the molecule is CC1CN(c2nc3ccccc3s2)C1.CC1CNC1.Cc1nnc2sc(C(=O)NC3CN(c4nc5ccccc5s4)C3)c(N)c2c1C.Cc1nnc2sc(C(N)=O)c(N)c2c1C.Clc1nc2ccccc2s1.NC1CN(c2nc3ccccc3s2)C1.[H-].[Na+]. The van der Waals surface area contributed by atoms with Crippen LogP contribution >= 0.6 is 79.6 Å². The largest absolute Gasteiger partial charge is 1.00 e. The van der Waals surface area contributed by atoms with Crippen molar-refractivity contribution in [2.24, 2.45) is 23.3 Å². The van der Waals surface area contributed by atoms with Crippen LogP contribution in [-0.4, -0.2) is 117 Å². The molecule has 19 nitrogen and oxygen atoms in total. The number of primary amides is 1. The van der Waals surface area contributed by atoms with Gasteiger partial charge >= 0.3 is 29.6 Å². The van der Waals surface area contributed by atoms with E-state index in [1.54, 1.807) is 34.0 Å². The number of carbonyl (C=O) groups excluding carboxylic acids is 2. The molecule has 4 aliphatic rings. The molecule has 4 fully saturated rings. The van der Waals surface area contributed by atoms with Crippen molar-refractivity contribution in [1.29, 1.82) is 0 Å². The molecule has 0 saturated carbocycles. The number of para-hydroxylation sites is 4. The van der Waals surface area contributed by atoms with Crippen LogP contribution in [0.15, 0.2) is 97.1 Å². The molecule has 4 aliphatic heterocycles. The summed E-state index contributed by atoms with van der Waals surface area (Å²) in [6.07, 6.45) is 0. The number of hydrogen-bond acceptors (Lipinski definition) is 23. The summed E-state index contributed by atoms with van der Waals surface area (Å²) in [5.41, 5.74) is 31.8. The standard InChI is InChI=1S/C19H18N6OS2.C11H12N2S.C10H11N3S.C9H10N4OS.C7H4ClNS.C4H9N.Na.H/c1-9-10(2)23-24-18-14(9)15(20)16(28-18)17(26)21-11-7-25(8-11)19-22-12-5-3-4-6-13(12)27-19;1-8-6-13(7-8)11-12-9-4-2-3-5-10(9)14-11;11-7-5-13(6-7)10-12-8-3-1-2-4-9(8)14-10;1-3-4(2)12-13-9-5(3)6(10)7(15-9)8(11)14;8-7-9-5-3-1-2-4-6(5)10-7;1-4-2-5-3-4;;/h3-6,11H,7-8,20H2,1-2H3,(H,21,26);2-5,8H,6-7H2,1H3;1-4,7H,5-6,11H2;10H2,1-2H3,(H2,11,14);1-4H;4-5H,2-3H2,1H3;;/q;;;;;;+1;-1. The molecule has 8 aromatic heterocycles. The summed E-state index contributed by atoms with van der Waals surface area (Å²) in [5, 5.41) is 27.4. The molecule has 87 heavy (non-hydrogen) atoms. The molecule has 0 bridgehead atoms. The van der Waals surface area contributed by atoms with Crippen molar-refractivity contribution in [3.63, 3.8) is 0 Å². The third kappa shape index (κ3) is 14.6. The van der Waals surface area contributed by atoms with Crippen molar-refractivity contribution in [1.82, 2.24) is 51.0 Å². The number of amides is 2. The number of benzene rings is 4. The Morgan fingerprint density at radius 2 is 0.931 bits per heavy atom. The summed E-state index contributed by atoms with van der Waals surface area (Å²) < 4.78 is 5.48. The van der Waals surface area contributed by atoms with Gasteiger partial charge in [0.05, 0.1) is 69.7 Å². The van der Waals surface area contributed by atoms with Crippen molar-refractivity contribution < 1.29 is 40.6 Å². The van der Waals surface area contributed by atoms with Crippen LogP contribution in [0.5, 0.6) is 0 Å². The van der Waals surface area contributed by atoms with Gasteiger partial charge in [0, 0.05) is 56.1 Å². The number of carbonyl (C=O) groups is 2. The summed E-state index contributed by atoms with van der Waals surface area (Å²) in [6.45, 7) is 20.3. The van der Waals surface area contributed by atoms with Gasteiger partial charge in [-0.25, -0.2) is 19.9 Å². The van der Waals surface area contributed by atoms with Gasteiger partial charge < -0.3 is 49.7 Å². The van der Waals surface area contributed by atoms with Gasteiger partial charge in [-0.15, -0.1) is 44.2 Å². The molecule has 4 saturated heterocycles. The minimum Gasteiger partial charge on any atom is -1.00 e. The number of thiazole rings is 4. The number of halogens is 1. The van der Waals surface area contributed by atoms with Gasteiger partial charge in [0.2, 0.25) is 0 Å². The summed E-state index contributed by atoms with van der Waals surface area (Å²) >= 11 is 14.9. The minimum absolute atomic E-state index is 0. The van der Waals surface area contributed by atoms with Crippen molar-refractivity contribution in [2.75, 3.05) is 78.5 Å². The molecule has 16 rings (SSSR count). The molecular formula is C60H65ClN17NaO2S6. The van der Waals surface area contributed by atoms with E-state index in [-0.39, 0.29) is 42.9 Å². The van der Waals surface area contributed by atoms with E-state index >= 15 is 0 Å². The number of nitrogens with two attached hydrogens (primary N) is 4. The van der Waals surface area contributed by atoms with Crippen molar-refractivity contribution in [3.8, 4) is 0 Å². The fourth-order valence-electron chi connectivity index (χ4n) is 9.60. The van der Waals surface area contributed by atoms with Crippen molar-refractivity contribution in [3.05, 3.63) is 134 Å². The summed E-state index contributed by atoms with van der Waals surface area (Å²) in [5.74, 6) is 1.12. The van der Waals surface area contributed by atoms with Crippen LogP contribution in [0.1, 0.15) is 57.1 Å². The van der Waals surface area contributed by atoms with E-state index < -0.39 is 5.91 Å². The van der Waals surface area contributed by atoms with Gasteiger partial charge in [-0.2, -0.15) is 10.2 Å². The second kappa shape index (κ2) is 28.0. The molecule has 10 N–H and O–H groups in total. The molecule has 12 heterocycles. The first kappa shape index (κ1) is 63.7. The second-order valence-corrected chi connectivity index (χ2v) is 28.2. The smallest absolute Gasteiger partial charge is 1.00 e. The first-order chi connectivity index (χ1) is 41.4. The zero-order valence-corrected chi connectivity index (χ0v) is 56.7. The zero-order valence-electron chi connectivity index (χ0n) is 50.1. The molecule has 0 radical (unpaired) electrons. The van der Waals surface area contributed by atoms with E-state index in [1.807, 2.05) is 88.4 Å². The number of aromatic nitrogens is 8. The number of nitrogens with zero attached hydrogens (tertiary/aromatic N) is 11. The zero-order chi connectivity index (χ0) is 60.3. The Bertz CT molecular complexity index is 4180. The maximum Gasteiger partial charge on any atom is 1.00 e. The Morgan fingerprint density at radius 3 is 1.31 bits per heavy atom. The van der Waals surface area contributed by atoms with E-state index in [0.29, 0.717) is 41.3 Å². The third-order valence-corrected chi connectivity index (χ3v) is 21.4. The van der Waals surface area contributed by atoms with Gasteiger partial charge in [0.25, 0.3) is 11.8 Å². The normalized spacial score (nSPS) is 14.8. The van der Waals surface area contributed by atoms with E-state index in [1.165, 1.54) is 79.4 Å². The van der Waals surface area contributed by atoms with Crippen LogP contribution in [0.25, 0.3) is 61.3 Å². The number of thiophene rings is 2. The number of anilines is 5. The molecule has 0 aliphatic carbocycles. The van der Waals surface area contributed by atoms with Crippen LogP contribution in [0, 0.1) is 39.5 Å².